The number of aromatic nitrogens is 1. The van der Waals surface area contributed by atoms with Crippen LogP contribution in [0.5, 0.6) is 0 Å². The van der Waals surface area contributed by atoms with Crippen molar-refractivity contribution in [2.24, 2.45) is 0 Å². The molecule has 0 saturated heterocycles. The van der Waals surface area contributed by atoms with Crippen molar-refractivity contribution in [3.63, 3.8) is 0 Å². The molecular weight excluding hydrogens is 150 g/mol. The van der Waals surface area contributed by atoms with Crippen molar-refractivity contribution in [1.29, 1.82) is 0 Å². The number of rotatable bonds is 2. The maximum absolute atomic E-state index is 11.4. The van der Waals surface area contributed by atoms with Crippen molar-refractivity contribution in [3.8, 4) is 0 Å². The molecule has 1 aromatic rings. The lowest BCUT2D eigenvalue weighted by Crippen LogP contribution is -1.99. The number of hydrogen-bond acceptors (Lipinski definition) is 2. The zero-order chi connectivity index (χ0) is 8.55. The first-order chi connectivity index (χ1) is 5.77. The van der Waals surface area contributed by atoms with Gasteiger partial charge in [-0.15, -0.1) is 0 Å². The Bertz CT molecular complexity index is 349. The quantitative estimate of drug-likeness (QED) is 0.613. The highest BCUT2D eigenvalue weighted by molar-refractivity contribution is 6.12. The molecule has 0 amide bonds. The van der Waals surface area contributed by atoms with Crippen LogP contribution in [0.4, 0.5) is 0 Å². The van der Waals surface area contributed by atoms with E-state index in [1.165, 1.54) is 0 Å². The van der Waals surface area contributed by atoms with E-state index in [1.54, 1.807) is 24.8 Å². The summed E-state index contributed by atoms with van der Waals surface area (Å²) in [6.07, 6.45) is 5.30. The molecule has 1 radical (unpaired) electrons. The van der Waals surface area contributed by atoms with E-state index in [4.69, 9.17) is 0 Å². The van der Waals surface area contributed by atoms with Gasteiger partial charge in [-0.05, 0) is 18.6 Å². The van der Waals surface area contributed by atoms with Gasteiger partial charge in [0.05, 0.1) is 0 Å². The Hall–Kier alpha value is -1.44. The van der Waals surface area contributed by atoms with Gasteiger partial charge in [0.25, 0.3) is 0 Å². The van der Waals surface area contributed by atoms with Crippen LogP contribution in [0, 0.1) is 13.3 Å². The smallest absolute Gasteiger partial charge is 0.207 e. The van der Waals surface area contributed by atoms with Gasteiger partial charge < -0.3 is 0 Å². The van der Waals surface area contributed by atoms with Gasteiger partial charge in [0, 0.05) is 18.2 Å². The van der Waals surface area contributed by atoms with E-state index in [1.807, 2.05) is 13.0 Å². The molecular formula is C10H8NO. The number of allylic oxidation sites excluding steroid dienone is 2. The van der Waals surface area contributed by atoms with E-state index >= 15 is 0 Å². The van der Waals surface area contributed by atoms with Gasteiger partial charge in [-0.1, -0.05) is 12.1 Å². The van der Waals surface area contributed by atoms with Gasteiger partial charge in [-0.3, -0.25) is 9.78 Å². The fourth-order valence-corrected chi connectivity index (χ4v) is 0.943. The van der Waals surface area contributed by atoms with E-state index in [2.05, 4.69) is 4.98 Å². The Balaban J connectivity index is 2.28. The van der Waals surface area contributed by atoms with Crippen molar-refractivity contribution >= 4 is 5.78 Å². The Kier molecular flexibility index (Phi) is 1.54. The highest BCUT2D eigenvalue weighted by Gasteiger charge is 2.19. The lowest BCUT2D eigenvalue weighted by molar-refractivity contribution is 0.103. The Labute approximate surface area is 70.9 Å². The number of aryl methyl sites for hydroxylation is 1. The number of hydrogen-bond donors (Lipinski definition) is 0. The topological polar surface area (TPSA) is 30.0 Å². The van der Waals surface area contributed by atoms with E-state index in [0.29, 0.717) is 5.69 Å². The Morgan fingerprint density at radius 1 is 1.42 bits per heavy atom. The molecule has 1 aromatic heterocycles. The molecule has 1 aliphatic carbocycles. The minimum atomic E-state index is 0.0231. The zero-order valence-corrected chi connectivity index (χ0v) is 6.74. The predicted molar refractivity (Wildman–Crippen MR) is 45.7 cm³/mol. The van der Waals surface area contributed by atoms with Crippen LogP contribution in [0.25, 0.3) is 0 Å². The van der Waals surface area contributed by atoms with Crippen molar-refractivity contribution in [2.75, 3.05) is 0 Å². The molecule has 0 spiro atoms. The normalized spacial score (nSPS) is 13.9. The largest absolute Gasteiger partial charge is 0.287 e. The average molecular weight is 158 g/mol. The molecule has 2 nitrogen and oxygen atoms in total. The van der Waals surface area contributed by atoms with Crippen molar-refractivity contribution < 1.29 is 4.79 Å². The molecule has 2 rings (SSSR count). The summed E-state index contributed by atoms with van der Waals surface area (Å²) in [5, 5.41) is 0. The van der Waals surface area contributed by atoms with Crippen LogP contribution in [0.15, 0.2) is 30.0 Å². The van der Waals surface area contributed by atoms with Crippen molar-refractivity contribution in [1.82, 2.24) is 4.98 Å². The third kappa shape index (κ3) is 1.28. The van der Waals surface area contributed by atoms with Gasteiger partial charge in [0.1, 0.15) is 5.69 Å². The fraction of sp³-hybridized carbons (Fsp3) is 0.100. The van der Waals surface area contributed by atoms with Crippen LogP contribution in [0.3, 0.4) is 0 Å². The van der Waals surface area contributed by atoms with Gasteiger partial charge in [-0.25, -0.2) is 0 Å². The summed E-state index contributed by atoms with van der Waals surface area (Å²) in [5.41, 5.74) is 2.37. The summed E-state index contributed by atoms with van der Waals surface area (Å²) in [6, 6.07) is 3.65. The van der Waals surface area contributed by atoms with Crippen LogP contribution < -0.4 is 0 Å². The SMILES string of the molecule is Cc1ccc(C(=O)C2=C[CH]2)nc1. The summed E-state index contributed by atoms with van der Waals surface area (Å²) in [5.74, 6) is 0.0231. The first-order valence-corrected chi connectivity index (χ1v) is 3.80. The molecule has 1 aliphatic rings. The number of Topliss-reactive ketones (excluding diaryl/α,β-unsaturated/α-hetero) is 1. The minimum absolute atomic E-state index is 0.0231. The van der Waals surface area contributed by atoms with E-state index in [-0.39, 0.29) is 5.78 Å². The van der Waals surface area contributed by atoms with Gasteiger partial charge in [0.2, 0.25) is 5.78 Å². The van der Waals surface area contributed by atoms with Crippen LogP contribution >= 0.6 is 0 Å². The first-order valence-electron chi connectivity index (χ1n) is 3.80. The highest BCUT2D eigenvalue weighted by Crippen LogP contribution is 2.20. The van der Waals surface area contributed by atoms with Crippen LogP contribution in [-0.2, 0) is 0 Å². The molecule has 0 unspecified atom stereocenters. The van der Waals surface area contributed by atoms with E-state index in [9.17, 15) is 4.79 Å². The monoisotopic (exact) mass is 158 g/mol. The number of pyridine rings is 1. The van der Waals surface area contributed by atoms with Crippen LogP contribution in [-0.4, -0.2) is 10.8 Å². The summed E-state index contributed by atoms with van der Waals surface area (Å²) < 4.78 is 0. The molecule has 0 atom stereocenters. The molecule has 2 heteroatoms. The van der Waals surface area contributed by atoms with Crippen molar-refractivity contribution in [3.05, 3.63) is 47.7 Å². The summed E-state index contributed by atoms with van der Waals surface area (Å²) in [4.78, 5) is 15.4. The third-order valence-corrected chi connectivity index (χ3v) is 1.74. The van der Waals surface area contributed by atoms with Gasteiger partial charge >= 0.3 is 0 Å². The second kappa shape index (κ2) is 2.55. The molecule has 0 aromatic carbocycles. The molecule has 0 bridgehead atoms. The summed E-state index contributed by atoms with van der Waals surface area (Å²) >= 11 is 0. The Morgan fingerprint density at radius 3 is 2.67 bits per heavy atom. The zero-order valence-electron chi connectivity index (χ0n) is 6.74. The van der Waals surface area contributed by atoms with E-state index < -0.39 is 0 Å². The lowest BCUT2D eigenvalue weighted by atomic mass is 10.2. The maximum Gasteiger partial charge on any atom is 0.207 e. The van der Waals surface area contributed by atoms with Crippen molar-refractivity contribution in [2.45, 2.75) is 6.92 Å². The first kappa shape index (κ1) is 7.22. The fourth-order valence-electron chi connectivity index (χ4n) is 0.943. The van der Waals surface area contributed by atoms with E-state index in [0.717, 1.165) is 11.1 Å². The van der Waals surface area contributed by atoms with Crippen LogP contribution in [0.1, 0.15) is 16.1 Å². The molecule has 0 aliphatic heterocycles. The highest BCUT2D eigenvalue weighted by atomic mass is 16.1. The summed E-state index contributed by atoms with van der Waals surface area (Å²) in [6.45, 7) is 1.95. The molecule has 1 heterocycles. The molecule has 59 valence electrons. The second-order valence-corrected chi connectivity index (χ2v) is 2.84. The second-order valence-electron chi connectivity index (χ2n) is 2.84. The predicted octanol–water partition coefficient (Wildman–Crippen LogP) is 1.72. The molecule has 0 saturated carbocycles. The molecule has 0 N–H and O–H groups in total. The lowest BCUT2D eigenvalue weighted by Gasteiger charge is -1.95. The molecule has 12 heavy (non-hydrogen) atoms. The number of ketones is 1. The Morgan fingerprint density at radius 2 is 2.17 bits per heavy atom. The standard InChI is InChI=1S/C10H8NO/c1-7-2-5-9(11-6-7)10(12)8-3-4-8/h2-6H,1H3. The minimum Gasteiger partial charge on any atom is -0.287 e. The number of carbonyl (C=O) groups is 1. The summed E-state index contributed by atoms with van der Waals surface area (Å²) in [7, 11) is 0. The van der Waals surface area contributed by atoms with Crippen LogP contribution in [0.2, 0.25) is 0 Å². The van der Waals surface area contributed by atoms with Gasteiger partial charge in [0.15, 0.2) is 0 Å². The van der Waals surface area contributed by atoms with Gasteiger partial charge in [-0.2, -0.15) is 0 Å². The number of carbonyl (C=O) groups excluding carboxylic acids is 1. The molecule has 0 fully saturated rings. The number of nitrogens with zero attached hydrogens (tertiary/aromatic N) is 1. The average Bonchev–Trinajstić information content (AvgIpc) is 2.87. The third-order valence-electron chi connectivity index (χ3n) is 1.74. The maximum atomic E-state index is 11.4.